The van der Waals surface area contributed by atoms with Crippen LogP contribution >= 0.6 is 0 Å². The fourth-order valence-electron chi connectivity index (χ4n) is 2.36. The molecule has 0 N–H and O–H groups in total. The van der Waals surface area contributed by atoms with Crippen LogP contribution in [-0.2, 0) is 22.4 Å². The fourth-order valence-corrected chi connectivity index (χ4v) is 2.36. The van der Waals surface area contributed by atoms with Crippen molar-refractivity contribution in [3.63, 3.8) is 0 Å². The number of aryl methyl sites for hydroxylation is 1. The van der Waals surface area contributed by atoms with Crippen LogP contribution in [-0.4, -0.2) is 19.0 Å². The van der Waals surface area contributed by atoms with Gasteiger partial charge < -0.3 is 9.53 Å². The molecule has 2 rings (SSSR count). The Bertz CT molecular complexity index is 384. The van der Waals surface area contributed by atoms with Crippen molar-refractivity contribution in [3.8, 4) is 0 Å². The van der Waals surface area contributed by atoms with Gasteiger partial charge in [-0.2, -0.15) is 0 Å². The Hall–Kier alpha value is -1.15. The molecule has 0 spiro atoms. The van der Waals surface area contributed by atoms with Gasteiger partial charge >= 0.3 is 0 Å². The van der Waals surface area contributed by atoms with E-state index in [1.165, 1.54) is 16.7 Å². The zero-order chi connectivity index (χ0) is 10.9. The molecule has 0 heterocycles. The Labute approximate surface area is 90.3 Å². The summed E-state index contributed by atoms with van der Waals surface area (Å²) in [5, 5.41) is 0. The van der Waals surface area contributed by atoms with Crippen LogP contribution in [0.15, 0.2) is 18.2 Å². The monoisotopic (exact) mass is 204 g/mol. The molecule has 0 amide bonds. The SMILES string of the molecule is COC1(C=O)CCc2c(C)cccc2C1. The maximum Gasteiger partial charge on any atom is 0.152 e. The molecule has 0 fully saturated rings. The Morgan fingerprint density at radius 1 is 1.47 bits per heavy atom. The molecule has 0 bridgehead atoms. The smallest absolute Gasteiger partial charge is 0.152 e. The van der Waals surface area contributed by atoms with Gasteiger partial charge in [0.1, 0.15) is 5.60 Å². The third-order valence-corrected chi connectivity index (χ3v) is 3.42. The van der Waals surface area contributed by atoms with Crippen molar-refractivity contribution in [2.45, 2.75) is 31.8 Å². The predicted molar refractivity (Wildman–Crippen MR) is 59.0 cm³/mol. The van der Waals surface area contributed by atoms with Crippen molar-refractivity contribution in [3.05, 3.63) is 34.9 Å². The lowest BCUT2D eigenvalue weighted by molar-refractivity contribution is -0.128. The van der Waals surface area contributed by atoms with Crippen LogP contribution < -0.4 is 0 Å². The minimum Gasteiger partial charge on any atom is -0.370 e. The van der Waals surface area contributed by atoms with E-state index >= 15 is 0 Å². The average molecular weight is 204 g/mol. The molecule has 1 aliphatic carbocycles. The molecule has 15 heavy (non-hydrogen) atoms. The molecular formula is C13H16O2. The minimum atomic E-state index is -0.583. The van der Waals surface area contributed by atoms with Crippen LogP contribution in [0, 0.1) is 6.92 Å². The van der Waals surface area contributed by atoms with E-state index in [1.807, 2.05) is 6.07 Å². The largest absolute Gasteiger partial charge is 0.370 e. The molecule has 2 heteroatoms. The van der Waals surface area contributed by atoms with Gasteiger partial charge in [-0.25, -0.2) is 0 Å². The highest BCUT2D eigenvalue weighted by molar-refractivity contribution is 5.65. The Balaban J connectivity index is 2.38. The topological polar surface area (TPSA) is 26.3 Å². The number of benzene rings is 1. The molecular weight excluding hydrogens is 188 g/mol. The van der Waals surface area contributed by atoms with Gasteiger partial charge in [0.05, 0.1) is 0 Å². The van der Waals surface area contributed by atoms with E-state index in [4.69, 9.17) is 4.74 Å². The first kappa shape index (κ1) is 10.4. The highest BCUT2D eigenvalue weighted by atomic mass is 16.5. The van der Waals surface area contributed by atoms with Gasteiger partial charge in [0.2, 0.25) is 0 Å². The van der Waals surface area contributed by atoms with Gasteiger partial charge in [0.25, 0.3) is 0 Å². The first-order valence-corrected chi connectivity index (χ1v) is 5.29. The lowest BCUT2D eigenvalue weighted by atomic mass is 9.79. The van der Waals surface area contributed by atoms with Crippen LogP contribution in [0.5, 0.6) is 0 Å². The summed E-state index contributed by atoms with van der Waals surface area (Å²) in [7, 11) is 1.62. The van der Waals surface area contributed by atoms with E-state index in [0.29, 0.717) is 6.42 Å². The number of methoxy groups -OCH3 is 1. The molecule has 1 atom stereocenters. The van der Waals surface area contributed by atoms with Gasteiger partial charge in [0, 0.05) is 13.5 Å². The van der Waals surface area contributed by atoms with Gasteiger partial charge in [-0.05, 0) is 36.5 Å². The van der Waals surface area contributed by atoms with E-state index in [1.54, 1.807) is 7.11 Å². The molecule has 1 aliphatic rings. The molecule has 2 nitrogen and oxygen atoms in total. The summed E-state index contributed by atoms with van der Waals surface area (Å²) in [4.78, 5) is 11.1. The van der Waals surface area contributed by atoms with E-state index in [2.05, 4.69) is 19.1 Å². The van der Waals surface area contributed by atoms with Gasteiger partial charge in [-0.15, -0.1) is 0 Å². The maximum absolute atomic E-state index is 11.1. The highest BCUT2D eigenvalue weighted by Crippen LogP contribution is 2.31. The summed E-state index contributed by atoms with van der Waals surface area (Å²) in [6.07, 6.45) is 3.40. The van der Waals surface area contributed by atoms with Crippen molar-refractivity contribution >= 4 is 6.29 Å². The highest BCUT2D eigenvalue weighted by Gasteiger charge is 2.34. The van der Waals surface area contributed by atoms with Gasteiger partial charge in [0.15, 0.2) is 6.29 Å². The number of fused-ring (bicyclic) bond motifs is 1. The van der Waals surface area contributed by atoms with Crippen molar-refractivity contribution in [1.82, 2.24) is 0 Å². The van der Waals surface area contributed by atoms with Crippen molar-refractivity contribution in [2.75, 3.05) is 7.11 Å². The van der Waals surface area contributed by atoms with E-state index < -0.39 is 5.60 Å². The molecule has 80 valence electrons. The molecule has 0 saturated heterocycles. The van der Waals surface area contributed by atoms with Crippen molar-refractivity contribution in [2.24, 2.45) is 0 Å². The van der Waals surface area contributed by atoms with Crippen LogP contribution in [0.25, 0.3) is 0 Å². The maximum atomic E-state index is 11.1. The number of aldehydes is 1. The van der Waals surface area contributed by atoms with Gasteiger partial charge in [-0.3, -0.25) is 0 Å². The fraction of sp³-hybridized carbons (Fsp3) is 0.462. The van der Waals surface area contributed by atoms with Crippen molar-refractivity contribution < 1.29 is 9.53 Å². The second-order valence-electron chi connectivity index (χ2n) is 4.28. The Morgan fingerprint density at radius 2 is 2.27 bits per heavy atom. The predicted octanol–water partition coefficient (Wildman–Crippen LogP) is 2.07. The number of rotatable bonds is 2. The second-order valence-corrected chi connectivity index (χ2v) is 4.28. The lowest BCUT2D eigenvalue weighted by Crippen LogP contribution is -2.39. The summed E-state index contributed by atoms with van der Waals surface area (Å²) < 4.78 is 5.36. The van der Waals surface area contributed by atoms with Crippen LogP contribution in [0.4, 0.5) is 0 Å². The molecule has 0 radical (unpaired) electrons. The summed E-state index contributed by atoms with van der Waals surface area (Å²) >= 11 is 0. The van der Waals surface area contributed by atoms with Gasteiger partial charge in [-0.1, -0.05) is 18.2 Å². The Morgan fingerprint density at radius 3 is 2.93 bits per heavy atom. The quantitative estimate of drug-likeness (QED) is 0.689. The molecule has 1 unspecified atom stereocenters. The summed E-state index contributed by atoms with van der Waals surface area (Å²) in [5.41, 5.74) is 3.39. The van der Waals surface area contributed by atoms with Crippen LogP contribution in [0.3, 0.4) is 0 Å². The second kappa shape index (κ2) is 3.78. The number of carbonyl (C=O) groups excluding carboxylic acids is 1. The summed E-state index contributed by atoms with van der Waals surface area (Å²) in [5.74, 6) is 0. The van der Waals surface area contributed by atoms with Crippen molar-refractivity contribution in [1.29, 1.82) is 0 Å². The standard InChI is InChI=1S/C13H16O2/c1-10-4-3-5-11-8-13(9-14,15-2)7-6-12(10)11/h3-5,9H,6-8H2,1-2H3. The third-order valence-electron chi connectivity index (χ3n) is 3.42. The third kappa shape index (κ3) is 1.70. The first-order chi connectivity index (χ1) is 7.21. The summed E-state index contributed by atoms with van der Waals surface area (Å²) in [6, 6.07) is 6.27. The molecule has 0 aromatic heterocycles. The minimum absolute atomic E-state index is 0.583. The lowest BCUT2D eigenvalue weighted by Gasteiger charge is -2.32. The number of carbonyl (C=O) groups is 1. The number of hydrogen-bond acceptors (Lipinski definition) is 2. The first-order valence-electron chi connectivity index (χ1n) is 5.29. The number of ether oxygens (including phenoxy) is 1. The average Bonchev–Trinajstić information content (AvgIpc) is 2.29. The molecule has 0 aliphatic heterocycles. The molecule has 1 aromatic carbocycles. The summed E-state index contributed by atoms with van der Waals surface area (Å²) in [6.45, 7) is 2.12. The number of hydrogen-bond donors (Lipinski definition) is 0. The van der Waals surface area contributed by atoms with E-state index in [-0.39, 0.29) is 0 Å². The zero-order valence-electron chi connectivity index (χ0n) is 9.25. The normalized spacial score (nSPS) is 24.7. The van der Waals surface area contributed by atoms with E-state index in [9.17, 15) is 4.79 Å². The van der Waals surface area contributed by atoms with Crippen LogP contribution in [0.1, 0.15) is 23.1 Å². The zero-order valence-corrected chi connectivity index (χ0v) is 9.25. The van der Waals surface area contributed by atoms with Crippen LogP contribution in [0.2, 0.25) is 0 Å². The Kier molecular flexibility index (Phi) is 2.61. The molecule has 1 aromatic rings. The van der Waals surface area contributed by atoms with E-state index in [0.717, 1.165) is 19.1 Å². The molecule has 0 saturated carbocycles.